The van der Waals surface area contributed by atoms with Crippen LogP contribution in [0, 0.1) is 0 Å². The Hall–Kier alpha value is -1.17. The summed E-state index contributed by atoms with van der Waals surface area (Å²) in [5.41, 5.74) is 2.52. The predicted molar refractivity (Wildman–Crippen MR) is 130 cm³/mol. The van der Waals surface area contributed by atoms with Crippen molar-refractivity contribution < 1.29 is 9.47 Å². The Kier molecular flexibility index (Phi) is 12.5. The third-order valence-electron chi connectivity index (χ3n) is 5.09. The van der Waals surface area contributed by atoms with Gasteiger partial charge in [-0.25, -0.2) is 0 Å². The van der Waals surface area contributed by atoms with Gasteiger partial charge in [-0.1, -0.05) is 41.9 Å². The molecule has 4 nitrogen and oxygen atoms in total. The zero-order valence-electron chi connectivity index (χ0n) is 17.7. The lowest BCUT2D eigenvalue weighted by Gasteiger charge is -2.32. The highest BCUT2D eigenvalue weighted by Crippen LogP contribution is 2.36. The summed E-state index contributed by atoms with van der Waals surface area (Å²) in [4.78, 5) is 2.54. The molecule has 0 spiro atoms. The van der Waals surface area contributed by atoms with Gasteiger partial charge in [0.1, 0.15) is 0 Å². The maximum atomic E-state index is 6.43. The monoisotopic (exact) mass is 474 g/mol. The standard InChI is InChI=1S/C23H31ClN2O2.2ClH/c1-3-27-22-15-19(14-21(24)23(22)28-4-2)16-25-20-10-12-26(13-11-20)17-18-8-6-5-7-9-18;;/h5-9,14-15,20,25H,3-4,10-13,16-17H2,1-2H3;2*1H. The Labute approximate surface area is 198 Å². The molecule has 1 fully saturated rings. The van der Waals surface area contributed by atoms with E-state index >= 15 is 0 Å². The second-order valence-electron chi connectivity index (χ2n) is 7.19. The van der Waals surface area contributed by atoms with Crippen LogP contribution in [0.15, 0.2) is 42.5 Å². The zero-order valence-corrected chi connectivity index (χ0v) is 20.1. The Morgan fingerprint density at radius 3 is 2.27 bits per heavy atom. The number of rotatable bonds is 9. The molecule has 0 amide bonds. The first-order chi connectivity index (χ1) is 13.7. The highest BCUT2D eigenvalue weighted by molar-refractivity contribution is 6.32. The van der Waals surface area contributed by atoms with Crippen molar-refractivity contribution in [2.75, 3.05) is 26.3 Å². The van der Waals surface area contributed by atoms with Crippen LogP contribution in [-0.4, -0.2) is 37.2 Å². The van der Waals surface area contributed by atoms with Crippen molar-refractivity contribution in [2.45, 2.75) is 45.8 Å². The molecule has 0 unspecified atom stereocenters. The fourth-order valence-electron chi connectivity index (χ4n) is 3.67. The van der Waals surface area contributed by atoms with Gasteiger partial charge >= 0.3 is 0 Å². The third-order valence-corrected chi connectivity index (χ3v) is 5.37. The normalized spacial score (nSPS) is 14.5. The van der Waals surface area contributed by atoms with Crippen LogP contribution in [0.5, 0.6) is 11.5 Å². The molecule has 0 radical (unpaired) electrons. The second kappa shape index (κ2) is 14.0. The minimum atomic E-state index is 0. The topological polar surface area (TPSA) is 33.7 Å². The molecule has 0 bridgehead atoms. The Bertz CT molecular complexity index is 739. The number of benzene rings is 2. The van der Waals surface area contributed by atoms with E-state index in [0.29, 0.717) is 30.0 Å². The van der Waals surface area contributed by atoms with Crippen molar-refractivity contribution in [1.82, 2.24) is 10.2 Å². The molecule has 0 saturated carbocycles. The van der Waals surface area contributed by atoms with Crippen LogP contribution in [0.4, 0.5) is 0 Å². The first kappa shape index (κ1) is 26.9. The average Bonchev–Trinajstić information content (AvgIpc) is 2.71. The van der Waals surface area contributed by atoms with Crippen LogP contribution in [0.2, 0.25) is 5.02 Å². The maximum Gasteiger partial charge on any atom is 0.179 e. The molecular weight excluding hydrogens is 443 g/mol. The maximum absolute atomic E-state index is 6.43. The van der Waals surface area contributed by atoms with E-state index in [-0.39, 0.29) is 24.8 Å². The van der Waals surface area contributed by atoms with Gasteiger partial charge in [-0.3, -0.25) is 4.90 Å². The smallest absolute Gasteiger partial charge is 0.179 e. The molecule has 1 aliphatic heterocycles. The first-order valence-corrected chi connectivity index (χ1v) is 10.6. The summed E-state index contributed by atoms with van der Waals surface area (Å²) in [5.74, 6) is 1.37. The van der Waals surface area contributed by atoms with E-state index in [4.69, 9.17) is 21.1 Å². The van der Waals surface area contributed by atoms with Crippen molar-refractivity contribution >= 4 is 36.4 Å². The average molecular weight is 476 g/mol. The minimum Gasteiger partial charge on any atom is -0.490 e. The van der Waals surface area contributed by atoms with Crippen molar-refractivity contribution in [2.24, 2.45) is 0 Å². The fourth-order valence-corrected chi connectivity index (χ4v) is 3.96. The van der Waals surface area contributed by atoms with Crippen LogP contribution in [0.3, 0.4) is 0 Å². The third kappa shape index (κ3) is 7.82. The molecule has 0 atom stereocenters. The fraction of sp³-hybridized carbons (Fsp3) is 0.478. The van der Waals surface area contributed by atoms with Gasteiger partial charge < -0.3 is 14.8 Å². The van der Waals surface area contributed by atoms with Gasteiger partial charge in [-0.15, -0.1) is 24.8 Å². The van der Waals surface area contributed by atoms with Crippen LogP contribution in [0.25, 0.3) is 0 Å². The highest BCUT2D eigenvalue weighted by atomic mass is 35.5. The molecule has 0 aliphatic carbocycles. The molecule has 1 aliphatic rings. The number of hydrogen-bond acceptors (Lipinski definition) is 4. The van der Waals surface area contributed by atoms with E-state index in [9.17, 15) is 0 Å². The molecule has 1 heterocycles. The minimum absolute atomic E-state index is 0. The Morgan fingerprint density at radius 1 is 0.967 bits per heavy atom. The number of hydrogen-bond donors (Lipinski definition) is 1. The summed E-state index contributed by atoms with van der Waals surface area (Å²) in [6.45, 7) is 9.16. The van der Waals surface area contributed by atoms with E-state index in [2.05, 4.69) is 40.5 Å². The molecule has 168 valence electrons. The largest absolute Gasteiger partial charge is 0.490 e. The molecule has 2 aromatic rings. The first-order valence-electron chi connectivity index (χ1n) is 10.3. The quantitative estimate of drug-likeness (QED) is 0.502. The van der Waals surface area contributed by atoms with E-state index in [1.165, 1.54) is 5.56 Å². The van der Waals surface area contributed by atoms with Crippen LogP contribution >= 0.6 is 36.4 Å². The number of nitrogens with one attached hydrogen (secondary N) is 1. The number of piperidine rings is 1. The lowest BCUT2D eigenvalue weighted by molar-refractivity contribution is 0.190. The predicted octanol–water partition coefficient (Wildman–Crippen LogP) is 5.74. The summed E-state index contributed by atoms with van der Waals surface area (Å²) < 4.78 is 11.4. The summed E-state index contributed by atoms with van der Waals surface area (Å²) in [6, 6.07) is 15.3. The summed E-state index contributed by atoms with van der Waals surface area (Å²) >= 11 is 6.43. The van der Waals surface area contributed by atoms with E-state index < -0.39 is 0 Å². The second-order valence-corrected chi connectivity index (χ2v) is 7.60. The number of halogens is 3. The number of ether oxygens (including phenoxy) is 2. The van der Waals surface area contributed by atoms with Gasteiger partial charge in [0.2, 0.25) is 0 Å². The van der Waals surface area contributed by atoms with Gasteiger partial charge in [-0.2, -0.15) is 0 Å². The van der Waals surface area contributed by atoms with E-state index in [1.807, 2.05) is 26.0 Å². The summed E-state index contributed by atoms with van der Waals surface area (Å²) in [5, 5.41) is 4.30. The molecular formula is C23H33Cl3N2O2. The van der Waals surface area contributed by atoms with E-state index in [0.717, 1.165) is 50.3 Å². The van der Waals surface area contributed by atoms with Gasteiger partial charge in [0.15, 0.2) is 11.5 Å². The summed E-state index contributed by atoms with van der Waals surface area (Å²) in [7, 11) is 0. The van der Waals surface area contributed by atoms with Crippen molar-refractivity contribution in [3.63, 3.8) is 0 Å². The number of nitrogens with zero attached hydrogens (tertiary/aromatic N) is 1. The zero-order chi connectivity index (χ0) is 19.8. The number of likely N-dealkylation sites (tertiary alicyclic amines) is 1. The molecule has 3 rings (SSSR count). The Morgan fingerprint density at radius 2 is 1.63 bits per heavy atom. The van der Waals surface area contributed by atoms with Crippen molar-refractivity contribution in [3.8, 4) is 11.5 Å². The van der Waals surface area contributed by atoms with Crippen molar-refractivity contribution in [1.29, 1.82) is 0 Å². The molecule has 30 heavy (non-hydrogen) atoms. The molecule has 1 N–H and O–H groups in total. The van der Waals surface area contributed by atoms with Gasteiger partial charge in [-0.05, 0) is 63.0 Å². The Balaban J connectivity index is 0.00000225. The van der Waals surface area contributed by atoms with Crippen LogP contribution < -0.4 is 14.8 Å². The van der Waals surface area contributed by atoms with E-state index in [1.54, 1.807) is 0 Å². The van der Waals surface area contributed by atoms with Gasteiger partial charge in [0.05, 0.1) is 18.2 Å². The van der Waals surface area contributed by atoms with Crippen molar-refractivity contribution in [3.05, 3.63) is 58.6 Å². The van der Waals surface area contributed by atoms with Crippen LogP contribution in [-0.2, 0) is 13.1 Å². The molecule has 0 aromatic heterocycles. The SMILES string of the molecule is CCOc1cc(CNC2CCN(Cc3ccccc3)CC2)cc(Cl)c1OCC.Cl.Cl. The lowest BCUT2D eigenvalue weighted by Crippen LogP contribution is -2.41. The molecule has 1 saturated heterocycles. The molecule has 2 aromatic carbocycles. The van der Waals surface area contributed by atoms with Gasteiger partial charge in [0, 0.05) is 19.1 Å². The van der Waals surface area contributed by atoms with Crippen LogP contribution in [0.1, 0.15) is 37.8 Å². The lowest BCUT2D eigenvalue weighted by atomic mass is 10.0. The highest BCUT2D eigenvalue weighted by Gasteiger charge is 2.19. The van der Waals surface area contributed by atoms with Gasteiger partial charge in [0.25, 0.3) is 0 Å². The summed E-state index contributed by atoms with van der Waals surface area (Å²) in [6.07, 6.45) is 2.33. The molecule has 7 heteroatoms.